The number of aromatic amines is 1. The summed E-state index contributed by atoms with van der Waals surface area (Å²) >= 11 is 0. The first-order valence-corrected chi connectivity index (χ1v) is 11.2. The van der Waals surface area contributed by atoms with Crippen LogP contribution in [0.1, 0.15) is 38.8 Å². The van der Waals surface area contributed by atoms with Crippen molar-refractivity contribution in [2.75, 3.05) is 0 Å². The molecule has 0 amide bonds. The molecule has 0 spiro atoms. The van der Waals surface area contributed by atoms with E-state index in [2.05, 4.69) is 9.38 Å². The van der Waals surface area contributed by atoms with Gasteiger partial charge in [-0.15, -0.1) is 0 Å². The average Bonchev–Trinajstić information content (AvgIpc) is 3.13. The molecule has 0 fully saturated rings. The summed E-state index contributed by atoms with van der Waals surface area (Å²) in [7, 11) is 0.321. The van der Waals surface area contributed by atoms with Crippen molar-refractivity contribution in [2.45, 2.75) is 39.4 Å². The maximum absolute atomic E-state index is 13.3. The lowest BCUT2D eigenvalue weighted by Crippen LogP contribution is -2.22. The molecule has 1 N–H and O–H groups in total. The molecule has 0 aliphatic carbocycles. The number of nitrogens with one attached hydrogen (secondary N) is 1. The van der Waals surface area contributed by atoms with Gasteiger partial charge in [0, 0.05) is 23.5 Å². The molecule has 4 rings (SSSR count). The Labute approximate surface area is 183 Å². The van der Waals surface area contributed by atoms with E-state index in [-0.39, 0.29) is 5.56 Å². The molecule has 2 aromatic heterocycles. The van der Waals surface area contributed by atoms with Gasteiger partial charge in [-0.2, -0.15) is 4.40 Å². The Bertz CT molecular complexity index is 1410. The fourth-order valence-corrected chi connectivity index (χ4v) is 4.16. The van der Waals surface area contributed by atoms with E-state index in [1.165, 1.54) is 0 Å². The van der Waals surface area contributed by atoms with Crippen molar-refractivity contribution in [3.8, 4) is 11.5 Å². The second-order valence-electron chi connectivity index (χ2n) is 8.82. The van der Waals surface area contributed by atoms with Crippen LogP contribution in [-0.2, 0) is 18.0 Å². The van der Waals surface area contributed by atoms with Gasteiger partial charge in [-0.25, -0.2) is 9.19 Å². The first kappa shape index (κ1) is 21.2. The number of para-hydroxylation sites is 1. The van der Waals surface area contributed by atoms with Crippen LogP contribution in [0.25, 0.3) is 33.3 Å². The fraction of sp³-hybridized carbons (Fsp3) is 0.292. The number of aryl methyl sites for hydroxylation is 1. The van der Waals surface area contributed by atoms with E-state index in [0.29, 0.717) is 22.4 Å². The molecule has 0 bridgehead atoms. The highest BCUT2D eigenvalue weighted by atomic mass is 32.2. The van der Waals surface area contributed by atoms with Crippen LogP contribution in [0.15, 0.2) is 51.7 Å². The topological polar surface area (TPSA) is 80.1 Å². The highest BCUT2D eigenvalue weighted by Crippen LogP contribution is 2.25. The molecule has 6 nitrogen and oxygen atoms in total. The van der Waals surface area contributed by atoms with Crippen molar-refractivity contribution in [1.82, 2.24) is 14.5 Å². The van der Waals surface area contributed by atoms with Gasteiger partial charge >= 0.3 is 0 Å². The molecule has 31 heavy (non-hydrogen) atoms. The summed E-state index contributed by atoms with van der Waals surface area (Å²) < 4.78 is 18.1. The maximum Gasteiger partial charge on any atom is 0.261 e. The summed E-state index contributed by atoms with van der Waals surface area (Å²) in [6.07, 6.45) is 0. The second-order valence-corrected chi connectivity index (χ2v) is 10.7. The average molecular weight is 435 g/mol. The highest BCUT2D eigenvalue weighted by molar-refractivity contribution is 7.85. The molecule has 7 heteroatoms. The Morgan fingerprint density at radius 2 is 1.87 bits per heavy atom. The molecular formula is C24H26N4O2S. The lowest BCUT2D eigenvalue weighted by molar-refractivity contribution is 0.650. The molecule has 1 atom stereocenters. The van der Waals surface area contributed by atoms with Gasteiger partial charge in [0.1, 0.15) is 11.0 Å². The van der Waals surface area contributed by atoms with Gasteiger partial charge < -0.3 is 4.98 Å². The van der Waals surface area contributed by atoms with Gasteiger partial charge in [-0.1, -0.05) is 18.2 Å². The van der Waals surface area contributed by atoms with E-state index in [1.54, 1.807) is 11.6 Å². The SMILES string of the molecule is C/C(=N/[S@](=O)C(C)(C)C)c1cc(C)cc2c(=O)n(C)c(-c3cc4ccccc4[nH]3)nc12. The number of fused-ring (bicyclic) bond motifs is 2. The zero-order valence-electron chi connectivity index (χ0n) is 18.6. The van der Waals surface area contributed by atoms with E-state index in [1.807, 2.05) is 77.1 Å². The summed E-state index contributed by atoms with van der Waals surface area (Å²) in [6.45, 7) is 9.41. The lowest BCUT2D eigenvalue weighted by atomic mass is 10.0. The second kappa shape index (κ2) is 7.57. The first-order valence-electron chi connectivity index (χ1n) is 10.1. The smallest absolute Gasteiger partial charge is 0.261 e. The van der Waals surface area contributed by atoms with Crippen molar-refractivity contribution in [3.63, 3.8) is 0 Å². The van der Waals surface area contributed by atoms with Crippen LogP contribution in [0.5, 0.6) is 0 Å². The molecule has 4 aromatic rings. The number of hydrogen-bond donors (Lipinski definition) is 1. The highest BCUT2D eigenvalue weighted by Gasteiger charge is 2.21. The van der Waals surface area contributed by atoms with Crippen LogP contribution in [-0.4, -0.2) is 29.2 Å². The minimum Gasteiger partial charge on any atom is -0.352 e. The van der Waals surface area contributed by atoms with Gasteiger partial charge in [-0.3, -0.25) is 9.36 Å². The molecule has 0 aliphatic rings. The molecular weight excluding hydrogens is 408 g/mol. The van der Waals surface area contributed by atoms with Crippen molar-refractivity contribution in [3.05, 3.63) is 63.9 Å². The van der Waals surface area contributed by atoms with Crippen LogP contribution < -0.4 is 5.56 Å². The minimum absolute atomic E-state index is 0.131. The molecule has 0 radical (unpaired) electrons. The molecule has 2 aromatic carbocycles. The van der Waals surface area contributed by atoms with Crippen LogP contribution in [0.4, 0.5) is 0 Å². The summed E-state index contributed by atoms with van der Waals surface area (Å²) in [5.41, 5.74) is 4.43. The monoisotopic (exact) mass is 434 g/mol. The normalized spacial score (nSPS) is 13.8. The van der Waals surface area contributed by atoms with E-state index >= 15 is 0 Å². The minimum atomic E-state index is -1.41. The van der Waals surface area contributed by atoms with Crippen molar-refractivity contribution >= 4 is 38.5 Å². The third kappa shape index (κ3) is 3.85. The predicted molar refractivity (Wildman–Crippen MR) is 129 cm³/mol. The molecule has 0 saturated carbocycles. The van der Waals surface area contributed by atoms with Crippen LogP contribution in [0, 0.1) is 6.92 Å². The van der Waals surface area contributed by atoms with E-state index in [4.69, 9.17) is 4.98 Å². The number of hydrogen-bond acceptors (Lipinski definition) is 3. The van der Waals surface area contributed by atoms with E-state index in [0.717, 1.165) is 27.7 Å². The van der Waals surface area contributed by atoms with Gasteiger partial charge in [0.15, 0.2) is 5.82 Å². The largest absolute Gasteiger partial charge is 0.352 e. The first-order chi connectivity index (χ1) is 14.6. The summed E-state index contributed by atoms with van der Waals surface area (Å²) in [4.78, 5) is 21.5. The number of benzene rings is 2. The zero-order valence-corrected chi connectivity index (χ0v) is 19.4. The lowest BCUT2D eigenvalue weighted by Gasteiger charge is -2.15. The fourth-order valence-electron chi connectivity index (χ4n) is 3.54. The van der Waals surface area contributed by atoms with Crippen molar-refractivity contribution < 1.29 is 4.21 Å². The number of rotatable bonds is 3. The third-order valence-electron chi connectivity index (χ3n) is 5.23. The quantitative estimate of drug-likeness (QED) is 0.476. The van der Waals surface area contributed by atoms with Crippen LogP contribution >= 0.6 is 0 Å². The Kier molecular flexibility index (Phi) is 5.17. The number of nitrogens with zero attached hydrogens (tertiary/aromatic N) is 3. The molecule has 160 valence electrons. The van der Waals surface area contributed by atoms with Crippen molar-refractivity contribution in [2.24, 2.45) is 11.4 Å². The van der Waals surface area contributed by atoms with E-state index < -0.39 is 15.7 Å². The Morgan fingerprint density at radius 3 is 2.55 bits per heavy atom. The Hall–Kier alpha value is -3.06. The Morgan fingerprint density at radius 1 is 1.16 bits per heavy atom. The number of aromatic nitrogens is 3. The third-order valence-corrected chi connectivity index (χ3v) is 6.72. The summed E-state index contributed by atoms with van der Waals surface area (Å²) in [5.74, 6) is 0.545. The Balaban J connectivity index is 1.99. The summed E-state index contributed by atoms with van der Waals surface area (Å²) in [6, 6.07) is 13.7. The zero-order chi connectivity index (χ0) is 22.5. The summed E-state index contributed by atoms with van der Waals surface area (Å²) in [5, 5.41) is 1.57. The van der Waals surface area contributed by atoms with Gasteiger partial charge in [-0.05, 0) is 64.4 Å². The molecule has 0 aliphatic heterocycles. The van der Waals surface area contributed by atoms with Gasteiger partial charge in [0.05, 0.1) is 27.1 Å². The standard InChI is InChI=1S/C24H26N4O2S/c1-14-11-17(15(2)27-31(30)24(3,4)5)21-18(12-14)23(29)28(6)22(26-21)20-13-16-9-7-8-10-19(16)25-20/h7-13,25H,1-6H3/b27-15-/t31-/m1/s1. The maximum atomic E-state index is 13.3. The molecule has 2 heterocycles. The molecule has 0 saturated heterocycles. The predicted octanol–water partition coefficient (Wildman–Crippen LogP) is 4.66. The van der Waals surface area contributed by atoms with Gasteiger partial charge in [0.25, 0.3) is 5.56 Å². The molecule has 0 unspecified atom stereocenters. The van der Waals surface area contributed by atoms with E-state index in [9.17, 15) is 9.00 Å². The number of H-pyrrole nitrogens is 1. The van der Waals surface area contributed by atoms with Crippen LogP contribution in [0.3, 0.4) is 0 Å². The van der Waals surface area contributed by atoms with Gasteiger partial charge in [0.2, 0.25) is 0 Å². The van der Waals surface area contributed by atoms with Crippen molar-refractivity contribution in [1.29, 1.82) is 0 Å². The van der Waals surface area contributed by atoms with Crippen LogP contribution in [0.2, 0.25) is 0 Å².